The zero-order chi connectivity index (χ0) is 23.1. The molecule has 1 saturated carbocycles. The van der Waals surface area contributed by atoms with Gasteiger partial charge in [0.15, 0.2) is 0 Å². The lowest BCUT2D eigenvalue weighted by molar-refractivity contribution is -0.148. The number of ether oxygens (including phenoxy) is 1. The molecule has 0 saturated heterocycles. The van der Waals surface area contributed by atoms with E-state index >= 15 is 0 Å². The van der Waals surface area contributed by atoms with E-state index in [9.17, 15) is 18.3 Å². The van der Waals surface area contributed by atoms with Gasteiger partial charge in [-0.3, -0.25) is 9.69 Å². The lowest BCUT2D eigenvalue weighted by Gasteiger charge is -2.51. The minimum Gasteiger partial charge on any atom is -0.481 e. The lowest BCUT2D eigenvalue weighted by Crippen LogP contribution is -2.66. The first-order valence-electron chi connectivity index (χ1n) is 10.8. The monoisotopic (exact) mass is 450 g/mol. The van der Waals surface area contributed by atoms with Crippen LogP contribution < -0.4 is 4.74 Å². The average molecular weight is 451 g/mol. The molecule has 0 spiro atoms. The summed E-state index contributed by atoms with van der Waals surface area (Å²) in [6, 6.07) is 4.85. The second-order valence-electron chi connectivity index (χ2n) is 7.79. The van der Waals surface area contributed by atoms with Crippen LogP contribution in [0.2, 0.25) is 0 Å². The van der Waals surface area contributed by atoms with Gasteiger partial charge in [0.25, 0.3) is 0 Å². The Labute approximate surface area is 186 Å². The van der Waals surface area contributed by atoms with Gasteiger partial charge in [-0.05, 0) is 57.1 Å². The van der Waals surface area contributed by atoms with Gasteiger partial charge >= 0.3 is 5.97 Å². The number of sulfonamides is 1. The molecule has 1 atom stereocenters. The zero-order valence-electron chi connectivity index (χ0n) is 18.9. The molecule has 7 nitrogen and oxygen atoms in total. The maximum Gasteiger partial charge on any atom is 0.323 e. The second-order valence-corrected chi connectivity index (χ2v) is 9.78. The van der Waals surface area contributed by atoms with Gasteiger partial charge in [-0.15, -0.1) is 5.92 Å². The summed E-state index contributed by atoms with van der Waals surface area (Å²) < 4.78 is 33.3. The van der Waals surface area contributed by atoms with Crippen LogP contribution in [-0.4, -0.2) is 67.0 Å². The summed E-state index contributed by atoms with van der Waals surface area (Å²) >= 11 is 0. The molecule has 1 N–H and O–H groups in total. The summed E-state index contributed by atoms with van der Waals surface area (Å²) in [7, 11) is -2.64. The predicted molar refractivity (Wildman–Crippen MR) is 120 cm³/mol. The Hall–Kier alpha value is -2.08. The number of hydrogen-bond donors (Lipinski definition) is 1. The lowest BCUT2D eigenvalue weighted by atomic mass is 9.74. The number of nitrogens with zero attached hydrogens (tertiary/aromatic N) is 2. The average Bonchev–Trinajstić information content (AvgIpc) is 2.75. The van der Waals surface area contributed by atoms with Gasteiger partial charge in [-0.2, -0.15) is 4.31 Å². The Balaban J connectivity index is 2.41. The van der Waals surface area contributed by atoms with Crippen molar-refractivity contribution in [3.05, 3.63) is 24.3 Å². The maximum absolute atomic E-state index is 13.4. The maximum atomic E-state index is 13.4. The van der Waals surface area contributed by atoms with E-state index in [0.29, 0.717) is 31.7 Å². The molecule has 1 aromatic rings. The third-order valence-corrected chi connectivity index (χ3v) is 8.04. The summed E-state index contributed by atoms with van der Waals surface area (Å²) in [4.78, 5) is 14.7. The van der Waals surface area contributed by atoms with Crippen molar-refractivity contribution in [2.75, 3.05) is 26.7 Å². The molecule has 8 heteroatoms. The molecule has 0 bridgehead atoms. The van der Waals surface area contributed by atoms with Crippen LogP contribution >= 0.6 is 0 Å². The second kappa shape index (κ2) is 11.0. The van der Waals surface area contributed by atoms with Gasteiger partial charge in [0.2, 0.25) is 10.0 Å². The van der Waals surface area contributed by atoms with Gasteiger partial charge in [0, 0.05) is 12.6 Å². The molecule has 172 valence electrons. The van der Waals surface area contributed by atoms with Crippen LogP contribution in [0.1, 0.15) is 52.9 Å². The Kier molecular flexibility index (Phi) is 8.92. The van der Waals surface area contributed by atoms with E-state index in [1.54, 1.807) is 19.1 Å². The molecule has 0 radical (unpaired) electrons. The first-order valence-corrected chi connectivity index (χ1v) is 12.3. The van der Waals surface area contributed by atoms with Crippen molar-refractivity contribution in [1.29, 1.82) is 0 Å². The van der Waals surface area contributed by atoms with Crippen LogP contribution in [-0.2, 0) is 14.8 Å². The number of aliphatic carboxylic acids is 1. The Bertz CT molecular complexity index is 892. The van der Waals surface area contributed by atoms with Crippen molar-refractivity contribution in [3.8, 4) is 17.6 Å². The van der Waals surface area contributed by atoms with Crippen LogP contribution in [0.15, 0.2) is 29.2 Å². The molecular formula is C23H34N2O5S. The normalized spacial score (nSPS) is 17.1. The van der Waals surface area contributed by atoms with Gasteiger partial charge < -0.3 is 9.84 Å². The molecule has 2 rings (SSSR count). The van der Waals surface area contributed by atoms with Crippen LogP contribution in [0.3, 0.4) is 0 Å². The molecule has 1 fully saturated rings. The highest BCUT2D eigenvalue weighted by Crippen LogP contribution is 2.40. The van der Waals surface area contributed by atoms with E-state index in [1.807, 2.05) is 13.8 Å². The largest absolute Gasteiger partial charge is 0.481 e. The molecular weight excluding hydrogens is 416 g/mol. The summed E-state index contributed by atoms with van der Waals surface area (Å²) in [6.07, 6.45) is 4.14. The zero-order valence-corrected chi connectivity index (χ0v) is 19.7. The van der Waals surface area contributed by atoms with Crippen molar-refractivity contribution >= 4 is 16.0 Å². The fraction of sp³-hybridized carbons (Fsp3) is 0.609. The van der Waals surface area contributed by atoms with Gasteiger partial charge in [0.1, 0.15) is 18.4 Å². The van der Waals surface area contributed by atoms with Gasteiger partial charge in [-0.25, -0.2) is 8.42 Å². The van der Waals surface area contributed by atoms with E-state index in [2.05, 4.69) is 16.7 Å². The quantitative estimate of drug-likeness (QED) is 0.551. The van der Waals surface area contributed by atoms with Crippen LogP contribution in [0, 0.1) is 11.8 Å². The number of benzene rings is 1. The molecule has 1 aliphatic rings. The minimum atomic E-state index is -4.02. The number of carbonyl (C=O) groups is 1. The molecule has 0 aliphatic heterocycles. The van der Waals surface area contributed by atoms with E-state index in [-0.39, 0.29) is 11.5 Å². The molecule has 0 amide bonds. The fourth-order valence-electron chi connectivity index (χ4n) is 4.71. The van der Waals surface area contributed by atoms with Crippen molar-refractivity contribution in [3.63, 3.8) is 0 Å². The molecule has 1 aromatic carbocycles. The van der Waals surface area contributed by atoms with Crippen molar-refractivity contribution in [2.45, 2.75) is 69.4 Å². The smallest absolute Gasteiger partial charge is 0.323 e. The van der Waals surface area contributed by atoms with Crippen LogP contribution in [0.25, 0.3) is 0 Å². The highest BCUT2D eigenvalue weighted by atomic mass is 32.2. The molecule has 0 aromatic heterocycles. The summed E-state index contributed by atoms with van der Waals surface area (Å²) in [5.41, 5.74) is -0.725. The van der Waals surface area contributed by atoms with E-state index in [0.717, 1.165) is 23.6 Å². The number of carboxylic acids is 1. The summed E-state index contributed by atoms with van der Waals surface area (Å²) in [5, 5.41) is 10.2. The van der Waals surface area contributed by atoms with Crippen LogP contribution in [0.4, 0.5) is 0 Å². The number of hydrogen-bond acceptors (Lipinski definition) is 5. The summed E-state index contributed by atoms with van der Waals surface area (Å²) in [6.45, 7) is 7.26. The van der Waals surface area contributed by atoms with Gasteiger partial charge in [-0.1, -0.05) is 39.0 Å². The van der Waals surface area contributed by atoms with E-state index in [1.165, 1.54) is 19.2 Å². The number of likely N-dealkylation sites (N-methyl/N-ethyl adjacent to an activating group) is 2. The topological polar surface area (TPSA) is 87.2 Å². The Morgan fingerprint density at radius 3 is 2.23 bits per heavy atom. The third kappa shape index (κ3) is 5.40. The Morgan fingerprint density at radius 1 is 1.16 bits per heavy atom. The fourth-order valence-corrected chi connectivity index (χ4v) is 6.08. The van der Waals surface area contributed by atoms with E-state index < -0.39 is 27.6 Å². The van der Waals surface area contributed by atoms with Gasteiger partial charge in [0.05, 0.1) is 4.90 Å². The molecule has 31 heavy (non-hydrogen) atoms. The highest BCUT2D eigenvalue weighted by molar-refractivity contribution is 7.89. The third-order valence-electron chi connectivity index (χ3n) is 6.21. The van der Waals surface area contributed by atoms with Crippen LogP contribution in [0.5, 0.6) is 5.75 Å². The molecule has 1 unspecified atom stereocenters. The van der Waals surface area contributed by atoms with E-state index in [4.69, 9.17) is 4.74 Å². The molecule has 1 aliphatic carbocycles. The standard InChI is InChI=1S/C23H34N2O5S/c1-5-8-18-30-19-12-14-20(15-13-19)31(28,29)24(4)21(22(26)27)23(25(6-2)7-3)16-10-9-11-17-23/h12-15,21H,6-7,9-11,16-18H2,1-4H3,(H,26,27). The van der Waals surface area contributed by atoms with Crippen molar-refractivity contribution in [2.24, 2.45) is 0 Å². The minimum absolute atomic E-state index is 0.0423. The Morgan fingerprint density at radius 2 is 1.74 bits per heavy atom. The van der Waals surface area contributed by atoms with Crippen molar-refractivity contribution < 1.29 is 23.1 Å². The summed E-state index contributed by atoms with van der Waals surface area (Å²) in [5.74, 6) is 4.90. The first-order chi connectivity index (χ1) is 14.7. The first kappa shape index (κ1) is 25.2. The SMILES string of the molecule is CC#CCOc1ccc(S(=O)(=O)N(C)C(C(=O)O)C2(N(CC)CC)CCCCC2)cc1. The van der Waals surface area contributed by atoms with Crippen molar-refractivity contribution in [1.82, 2.24) is 9.21 Å². The highest BCUT2D eigenvalue weighted by Gasteiger charge is 2.51. The molecule has 0 heterocycles. The number of carboxylic acid groups (broad SMARTS) is 1. The predicted octanol–water partition coefficient (Wildman–Crippen LogP) is 3.21. The number of rotatable bonds is 10.